The minimum absolute atomic E-state index is 0.103. The van der Waals surface area contributed by atoms with E-state index in [1.54, 1.807) is 18.3 Å². The van der Waals surface area contributed by atoms with Crippen molar-refractivity contribution in [2.45, 2.75) is 91.9 Å². The maximum Gasteiger partial charge on any atom is 0.530 e. The Morgan fingerprint density at radius 1 is 1.19 bits per heavy atom. The van der Waals surface area contributed by atoms with Crippen LogP contribution in [-0.2, 0) is 42.3 Å². The first-order valence-electron chi connectivity index (χ1n) is 12.4. The van der Waals surface area contributed by atoms with Gasteiger partial charge >= 0.3 is 13.5 Å². The molecule has 1 aliphatic heterocycles. The molecule has 0 amide bonds. The van der Waals surface area contributed by atoms with Crippen LogP contribution in [0.25, 0.3) is 0 Å². The highest BCUT2D eigenvalue weighted by Crippen LogP contribution is 2.57. The van der Waals surface area contributed by atoms with Gasteiger partial charge in [-0.3, -0.25) is 14.0 Å². The molecule has 1 aliphatic rings. The number of benzene rings is 1. The molecule has 0 aliphatic carbocycles. The molecule has 208 valence electrons. The molecule has 37 heavy (non-hydrogen) atoms. The molecule has 0 saturated heterocycles. The van der Waals surface area contributed by atoms with Gasteiger partial charge in [-0.1, -0.05) is 67.6 Å². The average Bonchev–Trinajstić information content (AvgIpc) is 2.80. The summed E-state index contributed by atoms with van der Waals surface area (Å²) in [4.78, 5) is 14.5. The van der Waals surface area contributed by atoms with Crippen LogP contribution in [0.2, 0.25) is 0 Å². The molecule has 2 heterocycles. The number of phosphoric ester groups is 1. The summed E-state index contributed by atoms with van der Waals surface area (Å²) in [7, 11) is -2.54. The summed E-state index contributed by atoms with van der Waals surface area (Å²) in [6.45, 7) is 15.7. The van der Waals surface area contributed by atoms with Crippen LogP contribution in [0.15, 0.2) is 23.1 Å². The number of rotatable bonds is 7. The van der Waals surface area contributed by atoms with Gasteiger partial charge in [-0.05, 0) is 34.9 Å². The molecule has 1 N–H and O–H groups in total. The Morgan fingerprint density at radius 3 is 2.35 bits per heavy atom. The van der Waals surface area contributed by atoms with E-state index in [1.807, 2.05) is 55.4 Å². The summed E-state index contributed by atoms with van der Waals surface area (Å²) in [6, 6.07) is 3.40. The number of nitrogens with zero attached hydrogens (tertiary/aromatic N) is 1. The molecule has 0 saturated carbocycles. The fraction of sp³-hybridized carbons (Fsp3) is 0.615. The topological polar surface area (TPSA) is 91.8 Å². The molecule has 11 heteroatoms. The maximum atomic E-state index is 15.4. The Balaban J connectivity index is 0.00000235. The SMILES string of the molecule is CC.COC(CCn1ccc(=S)[nH]c1=O)COP1(=O)OCc2c(F)c(C(C)(C)C)cc(C(C)(C)C)c2O1. The summed E-state index contributed by atoms with van der Waals surface area (Å²) in [5, 5.41) is 0. The molecule has 2 atom stereocenters. The number of phosphoric acid groups is 1. The second-order valence-corrected chi connectivity index (χ2v) is 12.7. The van der Waals surface area contributed by atoms with Crippen molar-refractivity contribution in [1.82, 2.24) is 9.55 Å². The van der Waals surface area contributed by atoms with Crippen molar-refractivity contribution in [3.8, 4) is 5.75 Å². The number of hydrogen-bond donors (Lipinski definition) is 1. The van der Waals surface area contributed by atoms with Crippen LogP contribution in [0.5, 0.6) is 5.75 Å². The van der Waals surface area contributed by atoms with E-state index >= 15 is 4.39 Å². The fourth-order valence-corrected chi connectivity index (χ4v) is 5.12. The molecule has 1 aromatic carbocycles. The van der Waals surface area contributed by atoms with Gasteiger partial charge in [0, 0.05) is 25.4 Å². The first kappa shape index (κ1) is 31.4. The summed E-state index contributed by atoms with van der Waals surface area (Å²) in [5.74, 6) is -0.216. The largest absolute Gasteiger partial charge is 0.530 e. The Morgan fingerprint density at radius 2 is 1.81 bits per heavy atom. The predicted molar refractivity (Wildman–Crippen MR) is 145 cm³/mol. The molecule has 0 fully saturated rings. The molecular weight excluding hydrogens is 518 g/mol. The third kappa shape index (κ3) is 7.83. The lowest BCUT2D eigenvalue weighted by molar-refractivity contribution is 0.0296. The number of halogens is 1. The number of aryl methyl sites for hydroxylation is 1. The highest BCUT2D eigenvalue weighted by Gasteiger charge is 2.41. The molecular formula is C26H40FN2O6PS. The van der Waals surface area contributed by atoms with Crippen LogP contribution in [-0.4, -0.2) is 29.4 Å². The van der Waals surface area contributed by atoms with Gasteiger partial charge in [-0.25, -0.2) is 13.8 Å². The molecule has 2 aromatic rings. The lowest BCUT2D eigenvalue weighted by atomic mass is 9.78. The lowest BCUT2D eigenvalue weighted by Gasteiger charge is -2.33. The minimum Gasteiger partial charge on any atom is -0.403 e. The number of aromatic amines is 1. The first-order chi connectivity index (χ1) is 17.1. The summed E-state index contributed by atoms with van der Waals surface area (Å²) >= 11 is 4.94. The van der Waals surface area contributed by atoms with Crippen molar-refractivity contribution in [2.75, 3.05) is 13.7 Å². The van der Waals surface area contributed by atoms with Crippen molar-refractivity contribution in [3.05, 3.63) is 56.0 Å². The number of ether oxygens (including phenoxy) is 1. The number of methoxy groups -OCH3 is 1. The molecule has 1 aromatic heterocycles. The van der Waals surface area contributed by atoms with E-state index < -0.39 is 30.6 Å². The van der Waals surface area contributed by atoms with Crippen LogP contribution in [0, 0.1) is 10.5 Å². The van der Waals surface area contributed by atoms with Crippen molar-refractivity contribution >= 4 is 20.0 Å². The van der Waals surface area contributed by atoms with Crippen LogP contribution < -0.4 is 10.2 Å². The van der Waals surface area contributed by atoms with Crippen molar-refractivity contribution in [1.29, 1.82) is 0 Å². The average molecular weight is 559 g/mol. The highest BCUT2D eigenvalue weighted by atomic mass is 32.1. The van der Waals surface area contributed by atoms with Crippen molar-refractivity contribution < 1.29 is 27.3 Å². The van der Waals surface area contributed by atoms with Crippen LogP contribution in [0.4, 0.5) is 4.39 Å². The van der Waals surface area contributed by atoms with E-state index in [9.17, 15) is 9.36 Å². The van der Waals surface area contributed by atoms with E-state index in [2.05, 4.69) is 4.98 Å². The number of hydrogen-bond acceptors (Lipinski definition) is 7. The van der Waals surface area contributed by atoms with E-state index in [1.165, 1.54) is 11.7 Å². The molecule has 3 rings (SSSR count). The third-order valence-corrected chi connectivity index (χ3v) is 7.39. The van der Waals surface area contributed by atoms with Gasteiger partial charge in [0.1, 0.15) is 16.2 Å². The maximum absolute atomic E-state index is 15.4. The van der Waals surface area contributed by atoms with Crippen LogP contribution in [0.3, 0.4) is 0 Å². The van der Waals surface area contributed by atoms with Crippen molar-refractivity contribution in [2.24, 2.45) is 0 Å². The Labute approximate surface area is 224 Å². The molecule has 8 nitrogen and oxygen atoms in total. The van der Waals surface area contributed by atoms with Gasteiger partial charge in [0.25, 0.3) is 0 Å². The van der Waals surface area contributed by atoms with Gasteiger partial charge in [0.15, 0.2) is 0 Å². The third-order valence-electron chi connectivity index (χ3n) is 5.84. The normalized spacial score (nSPS) is 18.3. The molecule has 0 spiro atoms. The van der Waals surface area contributed by atoms with Crippen molar-refractivity contribution in [3.63, 3.8) is 0 Å². The summed E-state index contributed by atoms with van der Waals surface area (Å²) in [5.41, 5.74) is 0.342. The zero-order valence-electron chi connectivity index (χ0n) is 23.3. The standard InChI is InChI=1S/C24H34FN2O6PS.C2H6/c1-23(2,3)17-12-18(24(4,5)6)21-16(20(17)25)14-32-34(29,33-21)31-13-15(30-7)8-10-27-11-9-19(35)26-22(27)28;1-2/h9,11-12,15H,8,10,13-14H2,1-7H3,(H,26,28,35);1-2H3. The summed E-state index contributed by atoms with van der Waals surface area (Å²) in [6.07, 6.45) is 1.50. The van der Waals surface area contributed by atoms with Gasteiger partial charge in [-0.2, -0.15) is 0 Å². The minimum atomic E-state index is -4.03. The van der Waals surface area contributed by atoms with Gasteiger partial charge in [-0.15, -0.1) is 0 Å². The first-order valence-corrected chi connectivity index (χ1v) is 14.3. The quantitative estimate of drug-likeness (QED) is 0.295. The van der Waals surface area contributed by atoms with E-state index in [0.29, 0.717) is 23.2 Å². The Kier molecular flexibility index (Phi) is 10.5. The monoisotopic (exact) mass is 558 g/mol. The Hall–Kier alpha value is -1.84. The van der Waals surface area contributed by atoms with E-state index in [4.69, 9.17) is 30.5 Å². The van der Waals surface area contributed by atoms with E-state index in [-0.39, 0.29) is 30.2 Å². The van der Waals surface area contributed by atoms with Gasteiger partial charge in [0.05, 0.1) is 24.9 Å². The van der Waals surface area contributed by atoms with Crippen LogP contribution >= 0.6 is 20.0 Å². The van der Waals surface area contributed by atoms with Gasteiger partial charge < -0.3 is 13.8 Å². The lowest BCUT2D eigenvalue weighted by Crippen LogP contribution is -2.27. The number of nitrogens with one attached hydrogen (secondary N) is 1. The van der Waals surface area contributed by atoms with E-state index in [0.717, 1.165) is 5.56 Å². The predicted octanol–water partition coefficient (Wildman–Crippen LogP) is 6.81. The summed E-state index contributed by atoms with van der Waals surface area (Å²) < 4.78 is 52.8. The smallest absolute Gasteiger partial charge is 0.403 e. The van der Waals surface area contributed by atoms with Gasteiger partial charge in [0.2, 0.25) is 0 Å². The number of fused-ring (bicyclic) bond motifs is 1. The molecule has 0 bridgehead atoms. The second kappa shape index (κ2) is 12.3. The zero-order chi connectivity index (χ0) is 28.2. The second-order valence-electron chi connectivity index (χ2n) is 10.7. The highest BCUT2D eigenvalue weighted by molar-refractivity contribution is 7.71. The Bertz CT molecular complexity index is 1250. The fourth-order valence-electron chi connectivity index (χ4n) is 3.73. The van der Waals surface area contributed by atoms with Crippen LogP contribution in [0.1, 0.15) is 78.5 Å². The zero-order valence-corrected chi connectivity index (χ0v) is 25.0. The number of H-pyrrole nitrogens is 1. The molecule has 2 unspecified atom stereocenters. The number of aromatic nitrogens is 2. The molecule has 0 radical (unpaired) electrons.